The minimum absolute atomic E-state index is 0.142. The number of rotatable bonds is 6. The smallest absolute Gasteiger partial charge is 0.262 e. The molecule has 3 aromatic rings. The first-order valence-electron chi connectivity index (χ1n) is 11.0. The molecule has 1 saturated carbocycles. The number of carbonyl (C=O) groups excluding carboxylic acids is 1. The Bertz CT molecular complexity index is 1230. The van der Waals surface area contributed by atoms with Crippen LogP contribution in [0.25, 0.3) is 10.8 Å². The van der Waals surface area contributed by atoms with Crippen molar-refractivity contribution >= 4 is 38.1 Å². The number of fused-ring (bicyclic) bond motifs is 1. The van der Waals surface area contributed by atoms with Gasteiger partial charge >= 0.3 is 0 Å². The van der Waals surface area contributed by atoms with Crippen molar-refractivity contribution in [3.63, 3.8) is 0 Å². The quantitative estimate of drug-likeness (QED) is 0.566. The first-order chi connectivity index (χ1) is 15.4. The Balaban J connectivity index is 1.66. The van der Waals surface area contributed by atoms with Crippen LogP contribution in [0.2, 0.25) is 0 Å². The third-order valence-electron chi connectivity index (χ3n) is 5.99. The van der Waals surface area contributed by atoms with Gasteiger partial charge in [0.2, 0.25) is 0 Å². The van der Waals surface area contributed by atoms with Crippen molar-refractivity contribution in [2.24, 2.45) is 0 Å². The summed E-state index contributed by atoms with van der Waals surface area (Å²) >= 11 is 0. The van der Waals surface area contributed by atoms with Crippen LogP contribution in [0.4, 0.5) is 11.4 Å². The second-order valence-electron chi connectivity index (χ2n) is 8.48. The zero-order valence-electron chi connectivity index (χ0n) is 18.5. The molecule has 1 amide bonds. The number of carbonyl (C=O) groups is 1. The van der Waals surface area contributed by atoms with Gasteiger partial charge < -0.3 is 10.2 Å². The maximum Gasteiger partial charge on any atom is 0.262 e. The van der Waals surface area contributed by atoms with Crippen LogP contribution in [-0.2, 0) is 10.0 Å². The summed E-state index contributed by atoms with van der Waals surface area (Å²) in [6.07, 6.45) is 5.33. The Morgan fingerprint density at radius 3 is 2.31 bits per heavy atom. The van der Waals surface area contributed by atoms with E-state index in [4.69, 9.17) is 0 Å². The Hall–Kier alpha value is -3.06. The third kappa shape index (κ3) is 4.58. The van der Waals surface area contributed by atoms with Crippen molar-refractivity contribution in [1.82, 2.24) is 5.32 Å². The lowest BCUT2D eigenvalue weighted by atomic mass is 9.95. The van der Waals surface area contributed by atoms with E-state index < -0.39 is 10.0 Å². The molecule has 0 saturated heterocycles. The van der Waals surface area contributed by atoms with Gasteiger partial charge in [-0.2, -0.15) is 0 Å². The third-order valence-corrected chi connectivity index (χ3v) is 7.41. The van der Waals surface area contributed by atoms with Crippen molar-refractivity contribution in [2.75, 3.05) is 23.7 Å². The Kier molecular flexibility index (Phi) is 6.37. The molecule has 7 heteroatoms. The number of nitrogens with zero attached hydrogens (tertiary/aromatic N) is 1. The standard InChI is InChI=1S/C25H29N3O3S/c1-28(2)23-16-8-14-20-19(23)13-9-17-24(20)32(30,31)27-22-15-7-6-12-21(22)25(29)26-18-10-4-3-5-11-18/h6-9,12-18,27H,3-5,10-11H2,1-2H3,(H,26,29). The van der Waals surface area contributed by atoms with Crippen molar-refractivity contribution in [2.45, 2.75) is 43.0 Å². The van der Waals surface area contributed by atoms with Gasteiger partial charge in [-0.05, 0) is 37.1 Å². The zero-order chi connectivity index (χ0) is 22.7. The second kappa shape index (κ2) is 9.20. The van der Waals surface area contributed by atoms with Gasteiger partial charge in [-0.25, -0.2) is 8.42 Å². The lowest BCUT2D eigenvalue weighted by Gasteiger charge is -2.23. The molecule has 1 aliphatic rings. The van der Waals surface area contributed by atoms with Crippen LogP contribution in [0.15, 0.2) is 65.6 Å². The molecular formula is C25H29N3O3S. The second-order valence-corrected chi connectivity index (χ2v) is 10.1. The number of hydrogen-bond donors (Lipinski definition) is 2. The van der Waals surface area contributed by atoms with Crippen LogP contribution in [-0.4, -0.2) is 34.5 Å². The fraction of sp³-hybridized carbons (Fsp3) is 0.320. The molecule has 1 aliphatic carbocycles. The normalized spacial score (nSPS) is 14.8. The highest BCUT2D eigenvalue weighted by atomic mass is 32.2. The lowest BCUT2D eigenvalue weighted by molar-refractivity contribution is 0.0928. The van der Waals surface area contributed by atoms with Gasteiger partial charge in [-0.1, -0.05) is 55.7 Å². The summed E-state index contributed by atoms with van der Waals surface area (Å²) in [5.74, 6) is -0.247. The minimum atomic E-state index is -3.92. The van der Waals surface area contributed by atoms with Crippen LogP contribution in [0.3, 0.4) is 0 Å². The van der Waals surface area contributed by atoms with Crippen molar-refractivity contribution in [3.8, 4) is 0 Å². The van der Waals surface area contributed by atoms with Crippen molar-refractivity contribution in [3.05, 3.63) is 66.2 Å². The van der Waals surface area contributed by atoms with E-state index in [2.05, 4.69) is 10.0 Å². The number of nitrogens with one attached hydrogen (secondary N) is 2. The summed E-state index contributed by atoms with van der Waals surface area (Å²) < 4.78 is 29.5. The molecule has 0 heterocycles. The summed E-state index contributed by atoms with van der Waals surface area (Å²) in [7, 11) is -0.0681. The van der Waals surface area contributed by atoms with Gasteiger partial charge in [0.15, 0.2) is 0 Å². The van der Waals surface area contributed by atoms with Gasteiger partial charge in [-0.3, -0.25) is 9.52 Å². The van der Waals surface area contributed by atoms with Gasteiger partial charge in [0, 0.05) is 36.6 Å². The summed E-state index contributed by atoms with van der Waals surface area (Å²) in [6, 6.07) is 17.8. The van der Waals surface area contributed by atoms with E-state index in [1.165, 1.54) is 6.42 Å². The van der Waals surface area contributed by atoms with Crippen molar-refractivity contribution < 1.29 is 13.2 Å². The van der Waals surface area contributed by atoms with E-state index in [1.54, 1.807) is 42.5 Å². The molecule has 0 radical (unpaired) electrons. The minimum Gasteiger partial charge on any atom is -0.377 e. The predicted octanol–water partition coefficient (Wildman–Crippen LogP) is 4.77. The predicted molar refractivity (Wildman–Crippen MR) is 130 cm³/mol. The van der Waals surface area contributed by atoms with Gasteiger partial charge in [-0.15, -0.1) is 0 Å². The van der Waals surface area contributed by atoms with Crippen LogP contribution in [0.1, 0.15) is 42.5 Å². The molecule has 6 nitrogen and oxygen atoms in total. The molecule has 2 N–H and O–H groups in total. The van der Waals surface area contributed by atoms with Crippen LogP contribution >= 0.6 is 0 Å². The maximum atomic E-state index is 13.4. The lowest BCUT2D eigenvalue weighted by Crippen LogP contribution is -2.36. The van der Waals surface area contributed by atoms with Gasteiger partial charge in [0.1, 0.15) is 0 Å². The van der Waals surface area contributed by atoms with E-state index in [9.17, 15) is 13.2 Å². The summed E-state index contributed by atoms with van der Waals surface area (Å²) in [6.45, 7) is 0. The van der Waals surface area contributed by atoms with Crippen molar-refractivity contribution in [1.29, 1.82) is 0 Å². The number of amides is 1. The Morgan fingerprint density at radius 1 is 0.875 bits per heavy atom. The van der Waals surface area contributed by atoms with Crippen LogP contribution < -0.4 is 14.9 Å². The van der Waals surface area contributed by atoms with E-state index in [0.29, 0.717) is 10.9 Å². The molecule has 0 atom stereocenters. The van der Waals surface area contributed by atoms with Gasteiger partial charge in [0.05, 0.1) is 16.1 Å². The molecule has 1 fully saturated rings. The van der Waals surface area contributed by atoms with E-state index in [0.717, 1.165) is 36.8 Å². The molecule has 0 aliphatic heterocycles. The summed E-state index contributed by atoms with van der Waals surface area (Å²) in [5.41, 5.74) is 1.55. The number of anilines is 2. The highest BCUT2D eigenvalue weighted by Gasteiger charge is 2.23. The van der Waals surface area contributed by atoms with Crippen LogP contribution in [0, 0.1) is 0 Å². The number of hydrogen-bond acceptors (Lipinski definition) is 4. The molecule has 0 unspecified atom stereocenters. The molecule has 32 heavy (non-hydrogen) atoms. The SMILES string of the molecule is CN(C)c1cccc2c(S(=O)(=O)Nc3ccccc3C(=O)NC3CCCCC3)cccc12. The number of benzene rings is 3. The molecule has 0 spiro atoms. The summed E-state index contributed by atoms with van der Waals surface area (Å²) in [4.78, 5) is 15.1. The Morgan fingerprint density at radius 2 is 1.56 bits per heavy atom. The number of para-hydroxylation sites is 1. The molecule has 0 aromatic heterocycles. The van der Waals surface area contributed by atoms with E-state index in [1.807, 2.05) is 37.2 Å². The molecule has 4 rings (SSSR count). The average molecular weight is 452 g/mol. The molecular weight excluding hydrogens is 422 g/mol. The van der Waals surface area contributed by atoms with E-state index in [-0.39, 0.29) is 22.5 Å². The maximum absolute atomic E-state index is 13.4. The zero-order valence-corrected chi connectivity index (χ0v) is 19.3. The monoisotopic (exact) mass is 451 g/mol. The molecule has 3 aromatic carbocycles. The first-order valence-corrected chi connectivity index (χ1v) is 12.5. The fourth-order valence-corrected chi connectivity index (χ4v) is 5.67. The molecule has 168 valence electrons. The summed E-state index contributed by atoms with van der Waals surface area (Å²) in [5, 5.41) is 4.56. The van der Waals surface area contributed by atoms with Gasteiger partial charge in [0.25, 0.3) is 15.9 Å². The average Bonchev–Trinajstić information content (AvgIpc) is 2.79. The number of sulfonamides is 1. The van der Waals surface area contributed by atoms with E-state index >= 15 is 0 Å². The highest BCUT2D eigenvalue weighted by Crippen LogP contribution is 2.31. The topological polar surface area (TPSA) is 78.5 Å². The molecule has 0 bridgehead atoms. The largest absolute Gasteiger partial charge is 0.377 e. The Labute approximate surface area is 189 Å². The highest BCUT2D eigenvalue weighted by molar-refractivity contribution is 7.93. The van der Waals surface area contributed by atoms with Crippen LogP contribution in [0.5, 0.6) is 0 Å². The fourth-order valence-electron chi connectivity index (χ4n) is 4.37. The first kappa shape index (κ1) is 22.1.